The Balaban J connectivity index is 1.60. The van der Waals surface area contributed by atoms with E-state index in [-0.39, 0.29) is 12.1 Å². The topological polar surface area (TPSA) is 77.7 Å². The van der Waals surface area contributed by atoms with Crippen molar-refractivity contribution in [1.29, 1.82) is 0 Å². The number of benzene rings is 1. The summed E-state index contributed by atoms with van der Waals surface area (Å²) in [6.45, 7) is 5.46. The van der Waals surface area contributed by atoms with Crippen LogP contribution in [-0.2, 0) is 16.0 Å². The smallest absolute Gasteiger partial charge is 0.337 e. The van der Waals surface area contributed by atoms with Gasteiger partial charge in [-0.05, 0) is 37.9 Å². The van der Waals surface area contributed by atoms with E-state index in [4.69, 9.17) is 14.0 Å². The first kappa shape index (κ1) is 18.5. The first-order chi connectivity index (χ1) is 12.7. The van der Waals surface area contributed by atoms with Gasteiger partial charge in [-0.3, -0.25) is 4.90 Å². The van der Waals surface area contributed by atoms with E-state index in [0.717, 1.165) is 44.5 Å². The van der Waals surface area contributed by atoms with Crippen molar-refractivity contribution in [2.75, 3.05) is 26.8 Å². The molecular weight excluding hydrogens is 334 g/mol. The number of hydrogen-bond acceptors (Lipinski definition) is 7. The second kappa shape index (κ2) is 8.91. The Bertz CT molecular complexity index is 714. The summed E-state index contributed by atoms with van der Waals surface area (Å²) >= 11 is 0. The molecule has 0 saturated carbocycles. The third-order valence-corrected chi connectivity index (χ3v) is 4.41. The van der Waals surface area contributed by atoms with Crippen molar-refractivity contribution in [2.45, 2.75) is 38.8 Å². The van der Waals surface area contributed by atoms with E-state index in [1.54, 1.807) is 24.3 Å². The van der Waals surface area contributed by atoms with Gasteiger partial charge in [-0.15, -0.1) is 0 Å². The standard InChI is InChI=1S/C19H25N3O4/c1-3-11-25-16-5-4-10-22(12-16)13-17-20-18(21-26-17)14-6-8-15(9-7-14)19(23)24-2/h6-9,16H,3-5,10-13H2,1-2H3/t16-/m0/s1. The van der Waals surface area contributed by atoms with Crippen LogP contribution >= 0.6 is 0 Å². The van der Waals surface area contributed by atoms with Gasteiger partial charge >= 0.3 is 5.97 Å². The number of hydrogen-bond donors (Lipinski definition) is 0. The highest BCUT2D eigenvalue weighted by Crippen LogP contribution is 2.19. The van der Waals surface area contributed by atoms with Crippen molar-refractivity contribution < 1.29 is 18.8 Å². The molecule has 7 heteroatoms. The van der Waals surface area contributed by atoms with Gasteiger partial charge in [0.15, 0.2) is 0 Å². The third kappa shape index (κ3) is 4.68. The summed E-state index contributed by atoms with van der Waals surface area (Å²) < 4.78 is 16.0. The second-order valence-electron chi connectivity index (χ2n) is 6.45. The number of methoxy groups -OCH3 is 1. The summed E-state index contributed by atoms with van der Waals surface area (Å²) in [4.78, 5) is 18.3. The van der Waals surface area contributed by atoms with Gasteiger partial charge < -0.3 is 14.0 Å². The van der Waals surface area contributed by atoms with Crippen LogP contribution in [0.1, 0.15) is 42.4 Å². The van der Waals surface area contributed by atoms with Gasteiger partial charge in [0, 0.05) is 18.7 Å². The number of nitrogens with zero attached hydrogens (tertiary/aromatic N) is 3. The molecule has 1 aromatic carbocycles. The summed E-state index contributed by atoms with van der Waals surface area (Å²) in [5.41, 5.74) is 1.29. The fourth-order valence-corrected chi connectivity index (χ4v) is 3.08. The zero-order valence-corrected chi connectivity index (χ0v) is 15.3. The highest BCUT2D eigenvalue weighted by Gasteiger charge is 2.22. The minimum absolute atomic E-state index is 0.289. The highest BCUT2D eigenvalue weighted by atomic mass is 16.5. The molecule has 1 atom stereocenters. The molecule has 0 unspecified atom stereocenters. The predicted octanol–water partition coefficient (Wildman–Crippen LogP) is 2.91. The van der Waals surface area contributed by atoms with Crippen LogP contribution in [0.15, 0.2) is 28.8 Å². The van der Waals surface area contributed by atoms with Crippen LogP contribution < -0.4 is 0 Å². The lowest BCUT2D eigenvalue weighted by Gasteiger charge is -2.31. The van der Waals surface area contributed by atoms with Gasteiger partial charge in [0.2, 0.25) is 11.7 Å². The van der Waals surface area contributed by atoms with Gasteiger partial charge in [0.25, 0.3) is 0 Å². The third-order valence-electron chi connectivity index (χ3n) is 4.41. The molecule has 2 heterocycles. The summed E-state index contributed by atoms with van der Waals surface area (Å²) in [7, 11) is 1.36. The monoisotopic (exact) mass is 359 g/mol. The Labute approximate surface area is 153 Å². The van der Waals surface area contributed by atoms with Crippen LogP contribution in [0.3, 0.4) is 0 Å². The first-order valence-corrected chi connectivity index (χ1v) is 9.05. The van der Waals surface area contributed by atoms with Crippen LogP contribution in [0.4, 0.5) is 0 Å². The number of ether oxygens (including phenoxy) is 2. The molecule has 2 aromatic rings. The second-order valence-corrected chi connectivity index (χ2v) is 6.45. The van der Waals surface area contributed by atoms with E-state index in [2.05, 4.69) is 22.0 Å². The Kier molecular flexibility index (Phi) is 6.35. The number of carbonyl (C=O) groups excluding carboxylic acids is 1. The summed E-state index contributed by atoms with van der Waals surface area (Å²) in [5.74, 6) is 0.746. The molecule has 0 bridgehead atoms. The quantitative estimate of drug-likeness (QED) is 0.703. The lowest BCUT2D eigenvalue weighted by atomic mass is 10.1. The maximum atomic E-state index is 11.5. The molecule has 1 fully saturated rings. The fourth-order valence-electron chi connectivity index (χ4n) is 3.08. The number of piperidine rings is 1. The normalized spacial score (nSPS) is 18.0. The zero-order valence-electron chi connectivity index (χ0n) is 15.3. The average Bonchev–Trinajstić information content (AvgIpc) is 3.14. The molecule has 0 aliphatic carbocycles. The van der Waals surface area contributed by atoms with E-state index >= 15 is 0 Å². The first-order valence-electron chi connectivity index (χ1n) is 9.05. The van der Waals surface area contributed by atoms with Crippen LogP contribution in [0.5, 0.6) is 0 Å². The minimum Gasteiger partial charge on any atom is -0.465 e. The van der Waals surface area contributed by atoms with E-state index in [1.807, 2.05) is 0 Å². The highest BCUT2D eigenvalue weighted by molar-refractivity contribution is 5.89. The summed E-state index contributed by atoms with van der Waals surface area (Å²) in [6.07, 6.45) is 3.55. The molecule has 1 saturated heterocycles. The molecule has 1 aliphatic heterocycles. The molecule has 0 amide bonds. The predicted molar refractivity (Wildman–Crippen MR) is 95.6 cm³/mol. The van der Waals surface area contributed by atoms with E-state index in [9.17, 15) is 4.79 Å². The summed E-state index contributed by atoms with van der Waals surface area (Å²) in [6, 6.07) is 6.96. The van der Waals surface area contributed by atoms with Crippen molar-refractivity contribution in [3.63, 3.8) is 0 Å². The number of likely N-dealkylation sites (tertiary alicyclic amines) is 1. The minimum atomic E-state index is -0.365. The Morgan fingerprint density at radius 1 is 1.35 bits per heavy atom. The molecule has 26 heavy (non-hydrogen) atoms. The van der Waals surface area contributed by atoms with Gasteiger partial charge in [0.1, 0.15) is 0 Å². The fraction of sp³-hybridized carbons (Fsp3) is 0.526. The SMILES string of the molecule is CCCO[C@H]1CCCN(Cc2nc(-c3ccc(C(=O)OC)cc3)no2)C1. The van der Waals surface area contributed by atoms with Gasteiger partial charge in [-0.25, -0.2) is 4.79 Å². The Morgan fingerprint density at radius 3 is 2.88 bits per heavy atom. The number of aromatic nitrogens is 2. The summed E-state index contributed by atoms with van der Waals surface area (Å²) in [5, 5.41) is 4.06. The van der Waals surface area contributed by atoms with E-state index < -0.39 is 0 Å². The van der Waals surface area contributed by atoms with Crippen molar-refractivity contribution in [1.82, 2.24) is 15.0 Å². The lowest BCUT2D eigenvalue weighted by Crippen LogP contribution is -2.39. The number of esters is 1. The Morgan fingerprint density at radius 2 is 2.15 bits per heavy atom. The molecule has 3 rings (SSSR count). The molecular formula is C19H25N3O4. The van der Waals surface area contributed by atoms with Crippen molar-refractivity contribution in [3.05, 3.63) is 35.7 Å². The number of carbonyl (C=O) groups is 1. The zero-order chi connectivity index (χ0) is 18.4. The van der Waals surface area contributed by atoms with Crippen molar-refractivity contribution in [3.8, 4) is 11.4 Å². The van der Waals surface area contributed by atoms with Crippen LogP contribution in [0.2, 0.25) is 0 Å². The molecule has 1 aliphatic rings. The maximum absolute atomic E-state index is 11.5. The Hall–Kier alpha value is -2.25. The van der Waals surface area contributed by atoms with Crippen LogP contribution in [0.25, 0.3) is 11.4 Å². The lowest BCUT2D eigenvalue weighted by molar-refractivity contribution is -0.00455. The average molecular weight is 359 g/mol. The molecule has 0 radical (unpaired) electrons. The van der Waals surface area contributed by atoms with Crippen LogP contribution in [0, 0.1) is 0 Å². The van der Waals surface area contributed by atoms with E-state index in [0.29, 0.717) is 23.8 Å². The van der Waals surface area contributed by atoms with Gasteiger partial charge in [0.05, 0.1) is 25.3 Å². The van der Waals surface area contributed by atoms with Gasteiger partial charge in [-0.1, -0.05) is 24.2 Å². The van der Waals surface area contributed by atoms with Crippen molar-refractivity contribution in [2.24, 2.45) is 0 Å². The molecule has 0 spiro atoms. The van der Waals surface area contributed by atoms with Crippen LogP contribution in [-0.4, -0.2) is 53.9 Å². The molecule has 140 valence electrons. The number of rotatable bonds is 7. The van der Waals surface area contributed by atoms with E-state index in [1.165, 1.54) is 7.11 Å². The maximum Gasteiger partial charge on any atom is 0.337 e. The molecule has 7 nitrogen and oxygen atoms in total. The van der Waals surface area contributed by atoms with Crippen molar-refractivity contribution >= 4 is 5.97 Å². The molecule has 1 aromatic heterocycles. The molecule has 0 N–H and O–H groups in total. The largest absolute Gasteiger partial charge is 0.465 e. The van der Waals surface area contributed by atoms with Gasteiger partial charge in [-0.2, -0.15) is 4.98 Å².